The van der Waals surface area contributed by atoms with E-state index in [2.05, 4.69) is 35.0 Å². The van der Waals surface area contributed by atoms with E-state index in [0.717, 1.165) is 42.5 Å². The van der Waals surface area contributed by atoms with Gasteiger partial charge in [0.15, 0.2) is 6.10 Å². The Hall–Kier alpha value is -0.940. The summed E-state index contributed by atoms with van der Waals surface area (Å²) in [6.07, 6.45) is 8.90. The number of hydrogen-bond acceptors (Lipinski definition) is 4. The number of carbonyl (C=O) groups is 2. The zero-order valence-corrected chi connectivity index (χ0v) is 19.2. The Bertz CT molecular complexity index is 670. The molecule has 0 saturated heterocycles. The smallest absolute Gasteiger partial charge is 0.303 e. The molecule has 4 aliphatic rings. The summed E-state index contributed by atoms with van der Waals surface area (Å²) < 4.78 is 6.71. The quantitative estimate of drug-likeness (QED) is 0.511. The van der Waals surface area contributed by atoms with Crippen molar-refractivity contribution < 1.29 is 24.3 Å². The standard InChI is InChI=1S/C24H40NO3.H2O/c1-15(26)28-21-13-16-7-8-17-18-9-10-22(27)23(18,2)12-11-19(17)24(16,3)14-20(21)25(4,5)6;/h16-21H,7-14H2,1-6H3;1H2/q+1;/p-1. The van der Waals surface area contributed by atoms with Crippen LogP contribution in [0.25, 0.3) is 0 Å². The molecule has 0 spiro atoms. The Balaban J connectivity index is 0.00000240. The van der Waals surface area contributed by atoms with Gasteiger partial charge in [-0.3, -0.25) is 9.59 Å². The highest BCUT2D eigenvalue weighted by molar-refractivity contribution is 5.87. The number of ether oxygens (including phenoxy) is 1. The van der Waals surface area contributed by atoms with E-state index in [1.807, 2.05) is 0 Å². The molecule has 166 valence electrons. The van der Waals surface area contributed by atoms with Crippen LogP contribution in [0.1, 0.15) is 72.1 Å². The Morgan fingerprint density at radius 2 is 1.76 bits per heavy atom. The predicted molar refractivity (Wildman–Crippen MR) is 111 cm³/mol. The third-order valence-electron chi connectivity index (χ3n) is 9.68. The number of rotatable bonds is 2. The third-order valence-corrected chi connectivity index (χ3v) is 9.68. The number of quaternary nitrogens is 1. The normalized spacial score (nSPS) is 46.8. The number of ketones is 1. The van der Waals surface area contributed by atoms with E-state index in [1.54, 1.807) is 6.92 Å². The lowest BCUT2D eigenvalue weighted by molar-refractivity contribution is -0.902. The average molecular weight is 408 g/mol. The monoisotopic (exact) mass is 407 g/mol. The van der Waals surface area contributed by atoms with Crippen molar-refractivity contribution in [3.05, 3.63) is 0 Å². The molecule has 1 N–H and O–H groups in total. The first kappa shape index (κ1) is 22.7. The van der Waals surface area contributed by atoms with Crippen LogP contribution < -0.4 is 0 Å². The van der Waals surface area contributed by atoms with Crippen molar-refractivity contribution in [1.82, 2.24) is 0 Å². The Morgan fingerprint density at radius 1 is 1.07 bits per heavy atom. The summed E-state index contributed by atoms with van der Waals surface area (Å²) in [5.74, 6) is 3.07. The molecule has 29 heavy (non-hydrogen) atoms. The van der Waals surface area contributed by atoms with E-state index in [9.17, 15) is 9.59 Å². The predicted octanol–water partition coefficient (Wildman–Crippen LogP) is 4.04. The van der Waals surface area contributed by atoms with Crippen LogP contribution in [0.15, 0.2) is 0 Å². The Kier molecular flexibility index (Phi) is 5.75. The molecule has 4 aliphatic carbocycles. The minimum Gasteiger partial charge on any atom is -0.870 e. The maximum atomic E-state index is 12.6. The fourth-order valence-electron chi connectivity index (χ4n) is 8.14. The largest absolute Gasteiger partial charge is 0.870 e. The molecule has 0 heterocycles. The van der Waals surface area contributed by atoms with Crippen LogP contribution in [0.4, 0.5) is 0 Å². The van der Waals surface area contributed by atoms with Crippen molar-refractivity contribution in [2.75, 3.05) is 21.1 Å². The first-order valence-electron chi connectivity index (χ1n) is 11.5. The molecule has 4 saturated carbocycles. The van der Waals surface area contributed by atoms with Crippen LogP contribution in [0.3, 0.4) is 0 Å². The molecule has 4 rings (SSSR count). The molecule has 5 nitrogen and oxygen atoms in total. The van der Waals surface area contributed by atoms with Crippen molar-refractivity contribution in [2.45, 2.75) is 84.3 Å². The highest BCUT2D eigenvalue weighted by Crippen LogP contribution is 2.65. The van der Waals surface area contributed by atoms with E-state index >= 15 is 0 Å². The molecule has 0 aromatic carbocycles. The summed E-state index contributed by atoms with van der Waals surface area (Å²) in [5.41, 5.74) is 0.265. The lowest BCUT2D eigenvalue weighted by atomic mass is 9.44. The summed E-state index contributed by atoms with van der Waals surface area (Å²) in [6.45, 7) is 6.36. The molecule has 4 fully saturated rings. The van der Waals surface area contributed by atoms with E-state index < -0.39 is 0 Å². The van der Waals surface area contributed by atoms with Crippen molar-refractivity contribution in [1.29, 1.82) is 0 Å². The molecule has 0 aliphatic heterocycles. The van der Waals surface area contributed by atoms with E-state index in [-0.39, 0.29) is 23.0 Å². The average Bonchev–Trinajstić information content (AvgIpc) is 2.88. The minimum absolute atomic E-state index is 0. The summed E-state index contributed by atoms with van der Waals surface area (Å²) >= 11 is 0. The van der Waals surface area contributed by atoms with Gasteiger partial charge >= 0.3 is 5.97 Å². The number of esters is 1. The van der Waals surface area contributed by atoms with Crippen LogP contribution >= 0.6 is 0 Å². The number of nitrogens with zero attached hydrogens (tertiary/aromatic N) is 1. The van der Waals surface area contributed by atoms with Crippen LogP contribution in [0.5, 0.6) is 0 Å². The lowest BCUT2D eigenvalue weighted by Crippen LogP contribution is -2.63. The van der Waals surface area contributed by atoms with Crippen LogP contribution in [0.2, 0.25) is 0 Å². The maximum absolute atomic E-state index is 12.6. The molecule has 8 atom stereocenters. The maximum Gasteiger partial charge on any atom is 0.303 e. The van der Waals surface area contributed by atoms with Crippen molar-refractivity contribution >= 4 is 11.8 Å². The van der Waals surface area contributed by atoms with Gasteiger partial charge in [0.1, 0.15) is 11.8 Å². The SMILES string of the molecule is CC(=O)OC1CC2CCC3C4CCC(=O)C4(C)CCC3C2(C)CC1[N+](C)(C)C.[OH-]. The minimum atomic E-state index is -0.140. The molecular weight excluding hydrogens is 366 g/mol. The van der Waals surface area contributed by atoms with Gasteiger partial charge in [-0.1, -0.05) is 13.8 Å². The van der Waals surface area contributed by atoms with E-state index in [4.69, 9.17) is 4.74 Å². The van der Waals surface area contributed by atoms with Gasteiger partial charge in [-0.15, -0.1) is 0 Å². The second-order valence-corrected chi connectivity index (χ2v) is 11.8. The summed E-state index contributed by atoms with van der Waals surface area (Å²) in [7, 11) is 6.75. The highest BCUT2D eigenvalue weighted by Gasteiger charge is 2.62. The van der Waals surface area contributed by atoms with Gasteiger partial charge in [0.2, 0.25) is 0 Å². The molecule has 8 unspecified atom stereocenters. The van der Waals surface area contributed by atoms with Crippen molar-refractivity contribution in [3.8, 4) is 0 Å². The Morgan fingerprint density at radius 3 is 2.38 bits per heavy atom. The van der Waals surface area contributed by atoms with Gasteiger partial charge in [0.25, 0.3) is 0 Å². The second kappa shape index (κ2) is 7.33. The number of hydrogen-bond donors (Lipinski definition) is 0. The summed E-state index contributed by atoms with van der Waals surface area (Å²) in [6, 6.07) is 0.349. The highest BCUT2D eigenvalue weighted by atomic mass is 16.5. The van der Waals surface area contributed by atoms with Crippen LogP contribution in [-0.2, 0) is 14.3 Å². The number of likely N-dealkylation sites (N-methyl/N-ethyl adjacent to an activating group) is 1. The van der Waals surface area contributed by atoms with E-state index in [1.165, 1.54) is 19.3 Å². The fraction of sp³-hybridized carbons (Fsp3) is 0.917. The van der Waals surface area contributed by atoms with Crippen LogP contribution in [-0.4, -0.2) is 55.0 Å². The molecule has 0 amide bonds. The fourth-order valence-corrected chi connectivity index (χ4v) is 8.14. The Labute approximate surface area is 176 Å². The zero-order valence-electron chi connectivity index (χ0n) is 19.2. The molecule has 0 aromatic heterocycles. The van der Waals surface area contributed by atoms with E-state index in [0.29, 0.717) is 35.0 Å². The first-order valence-corrected chi connectivity index (χ1v) is 11.5. The van der Waals surface area contributed by atoms with Gasteiger partial charge in [-0.05, 0) is 67.6 Å². The number of Topliss-reactive ketones (excluding diaryl/α,β-unsaturated/α-hetero) is 1. The zero-order chi connectivity index (χ0) is 20.5. The summed E-state index contributed by atoms with van der Waals surface area (Å²) in [4.78, 5) is 24.4. The van der Waals surface area contributed by atoms with Gasteiger partial charge in [0.05, 0.1) is 21.1 Å². The molecular formula is C24H41NO4. The molecule has 0 radical (unpaired) electrons. The molecule has 5 heteroatoms. The van der Waals surface area contributed by atoms with Crippen molar-refractivity contribution in [3.63, 3.8) is 0 Å². The third kappa shape index (κ3) is 3.46. The van der Waals surface area contributed by atoms with Gasteiger partial charge in [-0.25, -0.2) is 0 Å². The van der Waals surface area contributed by atoms with Gasteiger partial charge in [-0.2, -0.15) is 0 Å². The van der Waals surface area contributed by atoms with Crippen molar-refractivity contribution in [2.24, 2.45) is 34.5 Å². The van der Waals surface area contributed by atoms with Crippen LogP contribution in [0, 0.1) is 34.5 Å². The van der Waals surface area contributed by atoms with Gasteiger partial charge < -0.3 is 14.7 Å². The molecule has 0 bridgehead atoms. The summed E-state index contributed by atoms with van der Waals surface area (Å²) in [5, 5.41) is 0. The lowest BCUT2D eigenvalue weighted by Gasteiger charge is -2.62. The first-order chi connectivity index (χ1) is 13.0. The number of fused-ring (bicyclic) bond motifs is 5. The molecule has 0 aromatic rings. The second-order valence-electron chi connectivity index (χ2n) is 11.8. The van der Waals surface area contributed by atoms with Gasteiger partial charge in [0, 0.05) is 25.2 Å². The topological polar surface area (TPSA) is 73.4 Å². The number of carbonyl (C=O) groups excluding carboxylic acids is 2.